The monoisotopic (exact) mass is 543 g/mol. The lowest BCUT2D eigenvalue weighted by Crippen LogP contribution is -2.39. The minimum Gasteiger partial charge on any atom is -0.481 e. The summed E-state index contributed by atoms with van der Waals surface area (Å²) in [5, 5.41) is 15.6. The molecule has 1 N–H and O–H groups in total. The third-order valence-corrected chi connectivity index (χ3v) is 6.76. The molecule has 0 unspecified atom stereocenters. The maximum absolute atomic E-state index is 13.8. The number of rotatable bonds is 10. The third kappa shape index (κ3) is 6.13. The highest BCUT2D eigenvalue weighted by Crippen LogP contribution is 2.39. The van der Waals surface area contributed by atoms with Crippen molar-refractivity contribution < 1.29 is 36.6 Å². The Morgan fingerprint density at radius 1 is 1.30 bits per heavy atom. The molecule has 1 amide bonds. The number of thiazole rings is 1. The lowest BCUT2D eigenvalue weighted by Gasteiger charge is -2.27. The van der Waals surface area contributed by atoms with Crippen LogP contribution in [-0.4, -0.2) is 68.7 Å². The Bertz CT molecular complexity index is 1250. The van der Waals surface area contributed by atoms with Gasteiger partial charge < -0.3 is 5.11 Å². The first kappa shape index (κ1) is 26.7. The van der Waals surface area contributed by atoms with Crippen LogP contribution in [0.2, 0.25) is 0 Å². The summed E-state index contributed by atoms with van der Waals surface area (Å²) in [5.41, 5.74) is -1.13. The molecular formula is C23H22F5N5O3S. The fraction of sp³-hybridized carbons (Fsp3) is 0.391. The second-order valence-electron chi connectivity index (χ2n) is 8.59. The van der Waals surface area contributed by atoms with Crippen LogP contribution in [0.3, 0.4) is 0 Å². The first-order valence-electron chi connectivity index (χ1n) is 11.2. The third-order valence-electron chi connectivity index (χ3n) is 6.01. The number of carbonyl (C=O) groups excluding carboxylic acids is 1. The van der Waals surface area contributed by atoms with E-state index in [1.165, 1.54) is 40.0 Å². The van der Waals surface area contributed by atoms with Gasteiger partial charge in [0.15, 0.2) is 5.82 Å². The lowest BCUT2D eigenvalue weighted by molar-refractivity contribution is -0.138. The number of carboxylic acid groups (broad SMARTS) is 1. The van der Waals surface area contributed by atoms with E-state index in [4.69, 9.17) is 0 Å². The molecule has 37 heavy (non-hydrogen) atoms. The quantitative estimate of drug-likeness (QED) is 0.298. The van der Waals surface area contributed by atoms with Crippen molar-refractivity contribution in [3.8, 4) is 16.4 Å². The molecule has 2 aromatic heterocycles. The number of likely N-dealkylation sites (tertiary alicyclic amines) is 1. The van der Waals surface area contributed by atoms with E-state index in [0.717, 1.165) is 22.3 Å². The van der Waals surface area contributed by atoms with Crippen LogP contribution < -0.4 is 4.90 Å². The fourth-order valence-electron chi connectivity index (χ4n) is 4.30. The number of halogens is 5. The summed E-state index contributed by atoms with van der Waals surface area (Å²) in [6.07, 6.45) is -3.67. The summed E-state index contributed by atoms with van der Waals surface area (Å²) >= 11 is 1.11. The van der Waals surface area contributed by atoms with Crippen LogP contribution in [0.4, 0.5) is 27.8 Å². The number of carbonyl (C=O) groups is 2. The van der Waals surface area contributed by atoms with Crippen molar-refractivity contribution in [1.82, 2.24) is 19.7 Å². The van der Waals surface area contributed by atoms with Gasteiger partial charge in [-0.3, -0.25) is 19.4 Å². The summed E-state index contributed by atoms with van der Waals surface area (Å²) in [5.74, 6) is -4.15. The van der Waals surface area contributed by atoms with Crippen LogP contribution in [0, 0.1) is 0 Å². The normalized spacial score (nSPS) is 16.6. The molecule has 0 bridgehead atoms. The summed E-state index contributed by atoms with van der Waals surface area (Å²) in [7, 11) is 0. The van der Waals surface area contributed by atoms with Gasteiger partial charge in [0.1, 0.15) is 0 Å². The molecule has 1 aliphatic rings. The van der Waals surface area contributed by atoms with Crippen LogP contribution in [-0.2, 0) is 15.8 Å². The van der Waals surface area contributed by atoms with Crippen LogP contribution >= 0.6 is 11.3 Å². The van der Waals surface area contributed by atoms with E-state index in [9.17, 15) is 36.6 Å². The van der Waals surface area contributed by atoms with E-state index in [0.29, 0.717) is 6.41 Å². The molecule has 1 aromatic carbocycles. The molecule has 14 heteroatoms. The summed E-state index contributed by atoms with van der Waals surface area (Å²) in [6, 6.07) is 5.15. The number of benzene rings is 1. The highest BCUT2D eigenvalue weighted by molar-refractivity contribution is 7.12. The molecule has 0 radical (unpaired) electrons. The number of hydrogen-bond acceptors (Lipinski definition) is 6. The summed E-state index contributed by atoms with van der Waals surface area (Å²) in [6.45, 7) is -0.231. The van der Waals surface area contributed by atoms with Crippen LogP contribution in [0.1, 0.15) is 24.8 Å². The van der Waals surface area contributed by atoms with Gasteiger partial charge in [0.25, 0.3) is 5.92 Å². The van der Waals surface area contributed by atoms with E-state index in [-0.39, 0.29) is 48.1 Å². The number of nitrogens with zero attached hydrogens (tertiary/aromatic N) is 5. The van der Waals surface area contributed by atoms with Gasteiger partial charge in [-0.05, 0) is 12.5 Å². The molecule has 0 spiro atoms. The zero-order valence-corrected chi connectivity index (χ0v) is 20.1. The van der Waals surface area contributed by atoms with E-state index < -0.39 is 42.6 Å². The highest BCUT2D eigenvalue weighted by atomic mass is 32.1. The Hall–Kier alpha value is -3.39. The average molecular weight is 544 g/mol. The van der Waals surface area contributed by atoms with E-state index >= 15 is 0 Å². The molecule has 1 atom stereocenters. The molecule has 1 fully saturated rings. The molecule has 1 saturated heterocycles. The highest BCUT2D eigenvalue weighted by Gasteiger charge is 2.39. The SMILES string of the molecule is O=CN(c1cc(-c2ccccc2C(F)(F)F)n(-c2nccs2)n1)[C@@H](CCN1CCC(F)(F)C1)CC(=O)O. The predicted molar refractivity (Wildman–Crippen MR) is 125 cm³/mol. The van der Waals surface area contributed by atoms with Crippen molar-refractivity contribution in [2.45, 2.75) is 37.4 Å². The van der Waals surface area contributed by atoms with Crippen molar-refractivity contribution in [2.24, 2.45) is 0 Å². The zero-order chi connectivity index (χ0) is 26.8. The number of aliphatic carboxylic acids is 1. The first-order valence-corrected chi connectivity index (χ1v) is 12.1. The lowest BCUT2D eigenvalue weighted by atomic mass is 10.0. The van der Waals surface area contributed by atoms with Gasteiger partial charge in [-0.15, -0.1) is 16.4 Å². The van der Waals surface area contributed by atoms with Crippen LogP contribution in [0.5, 0.6) is 0 Å². The summed E-state index contributed by atoms with van der Waals surface area (Å²) in [4.78, 5) is 30.3. The largest absolute Gasteiger partial charge is 0.481 e. The van der Waals surface area contributed by atoms with Gasteiger partial charge in [0, 0.05) is 48.8 Å². The molecule has 0 aliphatic carbocycles. The van der Waals surface area contributed by atoms with E-state index in [1.54, 1.807) is 5.38 Å². The number of anilines is 1. The minimum atomic E-state index is -4.68. The number of amides is 1. The predicted octanol–water partition coefficient (Wildman–Crippen LogP) is 4.55. The van der Waals surface area contributed by atoms with Gasteiger partial charge in [-0.1, -0.05) is 18.2 Å². The molecule has 0 saturated carbocycles. The maximum atomic E-state index is 13.8. The zero-order valence-electron chi connectivity index (χ0n) is 19.2. The fourth-order valence-corrected chi connectivity index (χ4v) is 4.91. The average Bonchev–Trinajstić information content (AvgIpc) is 3.57. The standard InChI is InChI=1S/C23H22F5N5O3S/c24-22(25)6-9-31(13-22)8-5-15(11-20(35)36)32(14-34)19-12-18(33(30-19)21-29-7-10-37-21)16-3-1-2-4-17(16)23(26,27)28/h1-4,7,10,12,14-15H,5-6,8-9,11,13H2,(H,35,36)/t15-/m0/s1. The maximum Gasteiger partial charge on any atom is 0.417 e. The molecule has 3 heterocycles. The van der Waals surface area contributed by atoms with Crippen molar-refractivity contribution in [3.63, 3.8) is 0 Å². The summed E-state index contributed by atoms with van der Waals surface area (Å²) < 4.78 is 69.7. The van der Waals surface area contributed by atoms with Gasteiger partial charge in [-0.2, -0.15) is 13.2 Å². The van der Waals surface area contributed by atoms with Crippen molar-refractivity contribution in [2.75, 3.05) is 24.5 Å². The molecule has 1 aliphatic heterocycles. The molecule has 198 valence electrons. The molecule has 8 nitrogen and oxygen atoms in total. The number of alkyl halides is 5. The Labute approximate surface area is 211 Å². The van der Waals surface area contributed by atoms with E-state index in [2.05, 4.69) is 10.1 Å². The van der Waals surface area contributed by atoms with Crippen molar-refractivity contribution >= 4 is 29.5 Å². The van der Waals surface area contributed by atoms with Crippen molar-refractivity contribution in [3.05, 3.63) is 47.5 Å². The Morgan fingerprint density at radius 3 is 2.65 bits per heavy atom. The molecular weight excluding hydrogens is 521 g/mol. The second kappa shape index (κ2) is 10.5. The number of aromatic nitrogens is 3. The Morgan fingerprint density at radius 2 is 2.05 bits per heavy atom. The number of carboxylic acids is 1. The first-order chi connectivity index (χ1) is 17.5. The number of hydrogen-bond donors (Lipinski definition) is 1. The Balaban J connectivity index is 1.72. The van der Waals surface area contributed by atoms with Crippen molar-refractivity contribution in [1.29, 1.82) is 0 Å². The van der Waals surface area contributed by atoms with E-state index in [1.807, 2.05) is 0 Å². The van der Waals surface area contributed by atoms with Gasteiger partial charge in [0.05, 0.1) is 24.2 Å². The molecule has 4 rings (SSSR count). The Kier molecular flexibility index (Phi) is 7.59. The molecule has 3 aromatic rings. The second-order valence-corrected chi connectivity index (χ2v) is 9.47. The van der Waals surface area contributed by atoms with Gasteiger partial charge >= 0.3 is 12.1 Å². The minimum absolute atomic E-state index is 0.00187. The van der Waals surface area contributed by atoms with Crippen LogP contribution in [0.15, 0.2) is 41.9 Å². The topological polar surface area (TPSA) is 91.6 Å². The van der Waals surface area contributed by atoms with Gasteiger partial charge in [-0.25, -0.2) is 18.4 Å². The van der Waals surface area contributed by atoms with Crippen LogP contribution in [0.25, 0.3) is 16.4 Å². The smallest absolute Gasteiger partial charge is 0.417 e. The van der Waals surface area contributed by atoms with Gasteiger partial charge in [0.2, 0.25) is 11.5 Å².